The molecule has 1 aliphatic heterocycles. The number of aromatic amines is 1. The Hall–Kier alpha value is -1.36. The van der Waals surface area contributed by atoms with Crippen LogP contribution in [0.2, 0.25) is 0 Å². The van der Waals surface area contributed by atoms with Gasteiger partial charge < -0.3 is 9.47 Å². The van der Waals surface area contributed by atoms with Crippen LogP contribution in [0.3, 0.4) is 0 Å². The molecule has 1 aromatic heterocycles. The summed E-state index contributed by atoms with van der Waals surface area (Å²) in [4.78, 5) is 17.6. The zero-order valence-electron chi connectivity index (χ0n) is 10.0. The van der Waals surface area contributed by atoms with Crippen molar-refractivity contribution in [1.29, 1.82) is 0 Å². The van der Waals surface area contributed by atoms with Crippen LogP contribution in [0.25, 0.3) is 0 Å². The average Bonchev–Trinajstić information content (AvgIpc) is 2.76. The average molecular weight is 236 g/mol. The molecule has 3 atom stereocenters. The maximum atomic E-state index is 11.1. The molecular formula is C12H16N2O3. The van der Waals surface area contributed by atoms with Gasteiger partial charge in [-0.25, -0.2) is 4.98 Å². The summed E-state index contributed by atoms with van der Waals surface area (Å²) in [6.07, 6.45) is 3.98. The number of hydrogen-bond acceptors (Lipinski definition) is 4. The highest BCUT2D eigenvalue weighted by Gasteiger charge is 2.62. The molecule has 1 N–H and O–H groups in total. The van der Waals surface area contributed by atoms with Crippen molar-refractivity contribution in [2.75, 3.05) is 6.61 Å². The first-order valence-corrected chi connectivity index (χ1v) is 5.85. The largest absolute Gasteiger partial charge is 0.462 e. The molecular weight excluding hydrogens is 220 g/mol. The van der Waals surface area contributed by atoms with Crippen LogP contribution in [0.5, 0.6) is 6.01 Å². The van der Waals surface area contributed by atoms with E-state index in [1.807, 2.05) is 6.92 Å². The second-order valence-electron chi connectivity index (χ2n) is 5.62. The standard InChI is InChI=1S/C12H16N2O3/c1-11-5-8(11)17-12(2,6-11)7-16-10-13-4-3-9(15)14-10/h3-4,8H,5-7H2,1-2H3,(H,13,14,15). The second-order valence-corrected chi connectivity index (χ2v) is 5.62. The zero-order chi connectivity index (χ0) is 12.1. The lowest BCUT2D eigenvalue weighted by Crippen LogP contribution is -2.34. The summed E-state index contributed by atoms with van der Waals surface area (Å²) in [6, 6.07) is 1.62. The first-order valence-electron chi connectivity index (χ1n) is 5.85. The van der Waals surface area contributed by atoms with Gasteiger partial charge in [-0.2, -0.15) is 0 Å². The Morgan fingerprint density at radius 1 is 1.65 bits per heavy atom. The molecule has 17 heavy (non-hydrogen) atoms. The number of rotatable bonds is 3. The predicted octanol–water partition coefficient (Wildman–Crippen LogP) is 1.11. The molecule has 2 aliphatic rings. The SMILES string of the molecule is CC1(COc2nccc(=O)[nH]2)CC2(C)CC2O1. The van der Waals surface area contributed by atoms with Gasteiger partial charge >= 0.3 is 0 Å². The third-order valence-corrected chi connectivity index (χ3v) is 3.64. The highest BCUT2D eigenvalue weighted by atomic mass is 16.6. The summed E-state index contributed by atoms with van der Waals surface area (Å²) in [5, 5.41) is 0. The molecule has 0 radical (unpaired) electrons. The minimum absolute atomic E-state index is 0.206. The van der Waals surface area contributed by atoms with Crippen LogP contribution >= 0.6 is 0 Å². The molecule has 0 spiro atoms. The third kappa shape index (κ3) is 1.95. The number of aromatic nitrogens is 2. The summed E-state index contributed by atoms with van der Waals surface area (Å²) in [5.74, 6) is 0. The van der Waals surface area contributed by atoms with E-state index in [0.29, 0.717) is 18.1 Å². The second kappa shape index (κ2) is 3.32. The Bertz CT molecular complexity index is 501. The Balaban J connectivity index is 1.63. The summed E-state index contributed by atoms with van der Waals surface area (Å²) in [6.45, 7) is 4.71. The first kappa shape index (κ1) is 10.8. The Morgan fingerprint density at radius 2 is 2.47 bits per heavy atom. The van der Waals surface area contributed by atoms with Crippen LogP contribution in [0, 0.1) is 5.41 Å². The minimum Gasteiger partial charge on any atom is -0.462 e. The molecule has 5 nitrogen and oxygen atoms in total. The predicted molar refractivity (Wildman–Crippen MR) is 61.0 cm³/mol. The van der Waals surface area contributed by atoms with Crippen molar-refractivity contribution < 1.29 is 9.47 Å². The highest BCUT2D eigenvalue weighted by Crippen LogP contribution is 2.60. The van der Waals surface area contributed by atoms with Crippen LogP contribution in [0.4, 0.5) is 0 Å². The maximum Gasteiger partial charge on any atom is 0.296 e. The molecule has 1 aromatic rings. The number of hydrogen-bond donors (Lipinski definition) is 1. The molecule has 1 saturated heterocycles. The molecule has 92 valence electrons. The molecule has 1 saturated carbocycles. The minimum atomic E-state index is -0.258. The normalized spacial score (nSPS) is 38.8. The van der Waals surface area contributed by atoms with E-state index >= 15 is 0 Å². The van der Waals surface area contributed by atoms with E-state index in [1.54, 1.807) is 0 Å². The lowest BCUT2D eigenvalue weighted by atomic mass is 9.94. The van der Waals surface area contributed by atoms with Crippen LogP contribution < -0.4 is 10.3 Å². The van der Waals surface area contributed by atoms with Crippen molar-refractivity contribution in [3.8, 4) is 6.01 Å². The van der Waals surface area contributed by atoms with Crippen molar-refractivity contribution in [2.24, 2.45) is 5.41 Å². The van der Waals surface area contributed by atoms with E-state index in [2.05, 4.69) is 16.9 Å². The van der Waals surface area contributed by atoms with E-state index in [4.69, 9.17) is 9.47 Å². The number of nitrogens with one attached hydrogen (secondary N) is 1. The monoisotopic (exact) mass is 236 g/mol. The van der Waals surface area contributed by atoms with E-state index in [1.165, 1.54) is 12.3 Å². The van der Waals surface area contributed by atoms with E-state index in [0.717, 1.165) is 12.8 Å². The molecule has 0 amide bonds. The summed E-state index contributed by atoms with van der Waals surface area (Å²) < 4.78 is 11.4. The molecule has 5 heteroatoms. The van der Waals surface area contributed by atoms with Crippen LogP contribution in [-0.4, -0.2) is 28.3 Å². The van der Waals surface area contributed by atoms with Gasteiger partial charge in [0.15, 0.2) is 0 Å². The fourth-order valence-corrected chi connectivity index (χ4v) is 2.71. The Morgan fingerprint density at radius 3 is 3.12 bits per heavy atom. The van der Waals surface area contributed by atoms with Gasteiger partial charge in [0.2, 0.25) is 0 Å². The van der Waals surface area contributed by atoms with Gasteiger partial charge in [0.25, 0.3) is 11.6 Å². The van der Waals surface area contributed by atoms with Gasteiger partial charge in [-0.15, -0.1) is 0 Å². The van der Waals surface area contributed by atoms with Gasteiger partial charge in [0.05, 0.1) is 6.10 Å². The quantitative estimate of drug-likeness (QED) is 0.853. The zero-order valence-corrected chi connectivity index (χ0v) is 10.0. The first-order chi connectivity index (χ1) is 7.99. The lowest BCUT2D eigenvalue weighted by Gasteiger charge is -2.25. The fraction of sp³-hybridized carbons (Fsp3) is 0.667. The Labute approximate surface area is 99.2 Å². The molecule has 1 aliphatic carbocycles. The van der Waals surface area contributed by atoms with Gasteiger partial charge in [0.1, 0.15) is 12.2 Å². The fourth-order valence-electron chi connectivity index (χ4n) is 2.71. The number of fused-ring (bicyclic) bond motifs is 1. The maximum absolute atomic E-state index is 11.1. The third-order valence-electron chi connectivity index (χ3n) is 3.64. The van der Waals surface area contributed by atoms with Crippen LogP contribution in [0.1, 0.15) is 26.7 Å². The Kier molecular flexibility index (Phi) is 2.10. The van der Waals surface area contributed by atoms with Gasteiger partial charge in [-0.1, -0.05) is 6.92 Å². The smallest absolute Gasteiger partial charge is 0.296 e. The van der Waals surface area contributed by atoms with Crippen molar-refractivity contribution in [3.05, 3.63) is 22.6 Å². The topological polar surface area (TPSA) is 64.2 Å². The molecule has 2 heterocycles. The van der Waals surface area contributed by atoms with E-state index < -0.39 is 0 Å². The summed E-state index contributed by atoms with van der Waals surface area (Å²) in [5.41, 5.74) is -0.121. The number of nitrogens with zero attached hydrogens (tertiary/aromatic N) is 1. The molecule has 3 rings (SSSR count). The van der Waals surface area contributed by atoms with Gasteiger partial charge in [-0.3, -0.25) is 9.78 Å². The van der Waals surface area contributed by atoms with Crippen LogP contribution in [-0.2, 0) is 4.74 Å². The lowest BCUT2D eigenvalue weighted by molar-refractivity contribution is -0.0446. The van der Waals surface area contributed by atoms with Gasteiger partial charge in [-0.05, 0) is 25.2 Å². The van der Waals surface area contributed by atoms with Crippen molar-refractivity contribution >= 4 is 0 Å². The molecule has 3 unspecified atom stereocenters. The summed E-state index contributed by atoms with van der Waals surface area (Å²) >= 11 is 0. The highest BCUT2D eigenvalue weighted by molar-refractivity contribution is 5.11. The van der Waals surface area contributed by atoms with Gasteiger partial charge in [0, 0.05) is 12.3 Å². The molecule has 0 bridgehead atoms. The van der Waals surface area contributed by atoms with Crippen molar-refractivity contribution in [1.82, 2.24) is 9.97 Å². The van der Waals surface area contributed by atoms with Crippen molar-refractivity contribution in [2.45, 2.75) is 38.4 Å². The van der Waals surface area contributed by atoms with E-state index in [9.17, 15) is 4.79 Å². The molecule has 2 fully saturated rings. The summed E-state index contributed by atoms with van der Waals surface area (Å²) in [7, 11) is 0. The van der Waals surface area contributed by atoms with Crippen LogP contribution in [0.15, 0.2) is 17.1 Å². The number of H-pyrrole nitrogens is 1. The van der Waals surface area contributed by atoms with E-state index in [-0.39, 0.29) is 17.2 Å². The number of ether oxygens (including phenoxy) is 2. The molecule has 0 aromatic carbocycles. The van der Waals surface area contributed by atoms with Crippen molar-refractivity contribution in [3.63, 3.8) is 0 Å².